The molecule has 0 aliphatic rings. The molecular weight excluding hydrogens is 150 g/mol. The number of aromatic hydroxyl groups is 1. The Labute approximate surface area is 72.8 Å². The van der Waals surface area contributed by atoms with Crippen LogP contribution in [0.4, 0.5) is 0 Å². The van der Waals surface area contributed by atoms with Gasteiger partial charge in [0.25, 0.3) is 0 Å². The molecule has 1 N–H and O–H groups in total. The van der Waals surface area contributed by atoms with Gasteiger partial charge in [-0.15, -0.1) is 0 Å². The van der Waals surface area contributed by atoms with Gasteiger partial charge in [-0.25, -0.2) is 0 Å². The summed E-state index contributed by atoms with van der Waals surface area (Å²) in [6.45, 7) is 6.53. The normalized spacial score (nSPS) is 9.75. The number of hydrogen-bond donors (Lipinski definition) is 1. The van der Waals surface area contributed by atoms with E-state index in [9.17, 15) is 5.11 Å². The Hall–Kier alpha value is -1.31. The highest BCUT2D eigenvalue weighted by Gasteiger charge is 2.06. The van der Waals surface area contributed by atoms with Crippen molar-refractivity contribution >= 4 is 0 Å². The monoisotopic (exact) mass is 164 g/mol. The average Bonchev–Trinajstić information content (AvgIpc) is 2.08. The van der Waals surface area contributed by atoms with E-state index in [4.69, 9.17) is 0 Å². The second-order valence-electron chi connectivity index (χ2n) is 2.67. The Bertz CT molecular complexity index is 281. The van der Waals surface area contributed by atoms with E-state index >= 15 is 0 Å². The second-order valence-corrected chi connectivity index (χ2v) is 2.67. The smallest absolute Gasteiger partial charge is 0.185 e. The van der Waals surface area contributed by atoms with Crippen LogP contribution in [0.2, 0.25) is 0 Å². The zero-order valence-electron chi connectivity index (χ0n) is 7.33. The van der Waals surface area contributed by atoms with Crippen LogP contribution in [-0.2, 0) is 13.0 Å². The third-order valence-corrected chi connectivity index (χ3v) is 1.80. The topological polar surface area (TPSA) is 24.1 Å². The first kappa shape index (κ1) is 8.78. The van der Waals surface area contributed by atoms with E-state index < -0.39 is 0 Å². The van der Waals surface area contributed by atoms with Crippen LogP contribution in [-0.4, -0.2) is 5.11 Å². The van der Waals surface area contributed by atoms with Crippen LogP contribution in [0.15, 0.2) is 31.0 Å². The van der Waals surface area contributed by atoms with Gasteiger partial charge in [-0.3, -0.25) is 0 Å². The van der Waals surface area contributed by atoms with Crippen LogP contribution in [0.1, 0.15) is 12.6 Å². The molecule has 1 aromatic rings. The quantitative estimate of drug-likeness (QED) is 0.530. The lowest BCUT2D eigenvalue weighted by molar-refractivity contribution is -0.694. The van der Waals surface area contributed by atoms with E-state index in [0.717, 1.165) is 18.7 Å². The van der Waals surface area contributed by atoms with Crippen molar-refractivity contribution in [1.29, 1.82) is 0 Å². The molecule has 0 aromatic carbocycles. The van der Waals surface area contributed by atoms with Gasteiger partial charge in [-0.05, 0) is 6.08 Å². The molecule has 1 aromatic heterocycles. The van der Waals surface area contributed by atoms with Crippen LogP contribution >= 0.6 is 0 Å². The Balaban J connectivity index is 3.01. The Morgan fingerprint density at radius 1 is 1.67 bits per heavy atom. The summed E-state index contributed by atoms with van der Waals surface area (Å²) < 4.78 is 2.06. The summed E-state index contributed by atoms with van der Waals surface area (Å²) in [6, 6.07) is 3.46. The molecule has 0 aliphatic carbocycles. The number of nitrogens with zero attached hydrogens (tertiary/aromatic N) is 1. The van der Waals surface area contributed by atoms with Gasteiger partial charge >= 0.3 is 0 Å². The van der Waals surface area contributed by atoms with Crippen molar-refractivity contribution in [2.24, 2.45) is 0 Å². The number of aryl methyl sites for hydroxylation is 1. The summed E-state index contributed by atoms with van der Waals surface area (Å²) in [6.07, 6.45) is 4.63. The number of allylic oxidation sites excluding steroid dienone is 1. The van der Waals surface area contributed by atoms with Crippen LogP contribution in [0.25, 0.3) is 0 Å². The van der Waals surface area contributed by atoms with E-state index in [1.54, 1.807) is 12.1 Å². The molecule has 1 rings (SSSR count). The largest absolute Gasteiger partial charge is 0.507 e. The molecule has 0 saturated carbocycles. The fourth-order valence-corrected chi connectivity index (χ4v) is 1.19. The highest BCUT2D eigenvalue weighted by atomic mass is 16.3. The third-order valence-electron chi connectivity index (χ3n) is 1.80. The van der Waals surface area contributed by atoms with Crippen molar-refractivity contribution in [3.63, 3.8) is 0 Å². The minimum Gasteiger partial charge on any atom is -0.507 e. The first-order chi connectivity index (χ1) is 5.77. The molecule has 0 bridgehead atoms. The van der Waals surface area contributed by atoms with Gasteiger partial charge in [0.15, 0.2) is 18.4 Å². The predicted molar refractivity (Wildman–Crippen MR) is 47.9 cm³/mol. The van der Waals surface area contributed by atoms with Gasteiger partial charge in [0, 0.05) is 18.6 Å². The predicted octanol–water partition coefficient (Wildman–Crippen LogP) is 1.43. The molecule has 0 unspecified atom stereocenters. The summed E-state index contributed by atoms with van der Waals surface area (Å²) in [7, 11) is 0. The molecule has 0 spiro atoms. The molecule has 0 amide bonds. The van der Waals surface area contributed by atoms with Crippen LogP contribution in [0.3, 0.4) is 0 Å². The minimum absolute atomic E-state index is 0.326. The van der Waals surface area contributed by atoms with E-state index in [1.165, 1.54) is 0 Å². The standard InChI is InChI=1S/C10H13NO/c1-3-6-11-7-5-10(12)8-9(11)4-2/h3,5,7-8H,1,4,6H2,2H3/p+1. The number of rotatable bonds is 3. The first-order valence-electron chi connectivity index (χ1n) is 4.10. The minimum atomic E-state index is 0.326. The van der Waals surface area contributed by atoms with Gasteiger partial charge in [-0.2, -0.15) is 4.57 Å². The molecule has 0 aliphatic heterocycles. The van der Waals surface area contributed by atoms with Crippen LogP contribution in [0.5, 0.6) is 5.75 Å². The van der Waals surface area contributed by atoms with Crippen molar-refractivity contribution < 1.29 is 9.67 Å². The molecule has 0 saturated heterocycles. The highest BCUT2D eigenvalue weighted by Crippen LogP contribution is 2.06. The zero-order chi connectivity index (χ0) is 8.97. The van der Waals surface area contributed by atoms with E-state index in [-0.39, 0.29) is 0 Å². The lowest BCUT2D eigenvalue weighted by Gasteiger charge is -1.99. The summed E-state index contributed by atoms with van der Waals surface area (Å²) in [4.78, 5) is 0. The number of pyridine rings is 1. The van der Waals surface area contributed by atoms with E-state index in [2.05, 4.69) is 18.1 Å². The van der Waals surface area contributed by atoms with Gasteiger partial charge < -0.3 is 5.11 Å². The van der Waals surface area contributed by atoms with Crippen molar-refractivity contribution in [2.45, 2.75) is 19.9 Å². The van der Waals surface area contributed by atoms with Gasteiger partial charge in [0.1, 0.15) is 5.75 Å². The third kappa shape index (κ3) is 1.84. The number of hydrogen-bond acceptors (Lipinski definition) is 1. The van der Waals surface area contributed by atoms with Crippen LogP contribution in [0, 0.1) is 0 Å². The summed E-state index contributed by atoms with van der Waals surface area (Å²) in [5.74, 6) is 0.326. The van der Waals surface area contributed by atoms with Gasteiger partial charge in [0.2, 0.25) is 0 Å². The maximum Gasteiger partial charge on any atom is 0.185 e. The van der Waals surface area contributed by atoms with E-state index in [1.807, 2.05) is 12.3 Å². The molecule has 0 radical (unpaired) electrons. The Morgan fingerprint density at radius 3 is 3.00 bits per heavy atom. The first-order valence-corrected chi connectivity index (χ1v) is 4.10. The molecule has 64 valence electrons. The highest BCUT2D eigenvalue weighted by molar-refractivity contribution is 5.17. The lowest BCUT2D eigenvalue weighted by atomic mass is 10.2. The molecule has 2 heteroatoms. The van der Waals surface area contributed by atoms with Crippen molar-refractivity contribution in [2.75, 3.05) is 0 Å². The fourth-order valence-electron chi connectivity index (χ4n) is 1.19. The average molecular weight is 164 g/mol. The fraction of sp³-hybridized carbons (Fsp3) is 0.300. The van der Waals surface area contributed by atoms with Gasteiger partial charge in [0.05, 0.1) is 0 Å². The molecule has 12 heavy (non-hydrogen) atoms. The van der Waals surface area contributed by atoms with Crippen LogP contribution < -0.4 is 4.57 Å². The SMILES string of the molecule is C=CC[n+]1ccc(O)cc1CC. The number of aromatic nitrogens is 1. The second kappa shape index (κ2) is 3.90. The molecule has 0 atom stereocenters. The lowest BCUT2D eigenvalue weighted by Crippen LogP contribution is -2.36. The maximum absolute atomic E-state index is 9.20. The summed E-state index contributed by atoms with van der Waals surface area (Å²) in [5.41, 5.74) is 1.12. The van der Waals surface area contributed by atoms with Crippen molar-refractivity contribution in [3.05, 3.63) is 36.7 Å². The molecule has 1 heterocycles. The summed E-state index contributed by atoms with van der Waals surface area (Å²) >= 11 is 0. The Morgan fingerprint density at radius 2 is 2.42 bits per heavy atom. The molecule has 0 fully saturated rings. The van der Waals surface area contributed by atoms with Crippen molar-refractivity contribution in [1.82, 2.24) is 0 Å². The molecule has 2 nitrogen and oxygen atoms in total. The maximum atomic E-state index is 9.20. The summed E-state index contributed by atoms with van der Waals surface area (Å²) in [5, 5.41) is 9.20. The van der Waals surface area contributed by atoms with Crippen molar-refractivity contribution in [3.8, 4) is 5.75 Å². The zero-order valence-corrected chi connectivity index (χ0v) is 7.33. The van der Waals surface area contributed by atoms with E-state index in [0.29, 0.717) is 5.75 Å². The Kier molecular flexibility index (Phi) is 2.86. The van der Waals surface area contributed by atoms with Gasteiger partial charge in [-0.1, -0.05) is 13.5 Å². The molecular formula is C10H14NO+.